The first-order chi connectivity index (χ1) is 8.72. The van der Waals surface area contributed by atoms with Gasteiger partial charge in [0.1, 0.15) is 0 Å². The SMILES string of the molecule is CNCCCNC(=O)c1cc(Br)c2c(c1)OCO2. The second-order valence-corrected chi connectivity index (χ2v) is 4.76. The largest absolute Gasteiger partial charge is 0.454 e. The van der Waals surface area contributed by atoms with Gasteiger partial charge in [0.25, 0.3) is 5.91 Å². The number of hydrogen-bond donors (Lipinski definition) is 2. The van der Waals surface area contributed by atoms with Crippen LogP contribution in [0.15, 0.2) is 16.6 Å². The van der Waals surface area contributed by atoms with Crippen molar-refractivity contribution in [3.05, 3.63) is 22.2 Å². The van der Waals surface area contributed by atoms with Crippen LogP contribution in [0.2, 0.25) is 0 Å². The van der Waals surface area contributed by atoms with Crippen molar-refractivity contribution < 1.29 is 14.3 Å². The molecule has 2 N–H and O–H groups in total. The normalized spacial score (nSPS) is 12.6. The van der Waals surface area contributed by atoms with Gasteiger partial charge in [0.2, 0.25) is 6.79 Å². The number of nitrogens with one attached hydrogen (secondary N) is 2. The molecule has 0 radical (unpaired) electrons. The number of fused-ring (bicyclic) bond motifs is 1. The van der Waals surface area contributed by atoms with Crippen molar-refractivity contribution in [2.45, 2.75) is 6.42 Å². The number of carbonyl (C=O) groups excluding carboxylic acids is 1. The number of amides is 1. The van der Waals surface area contributed by atoms with E-state index in [1.807, 2.05) is 7.05 Å². The molecule has 0 saturated heterocycles. The summed E-state index contributed by atoms with van der Waals surface area (Å²) >= 11 is 3.36. The highest BCUT2D eigenvalue weighted by Crippen LogP contribution is 2.39. The Morgan fingerprint density at radius 1 is 1.39 bits per heavy atom. The van der Waals surface area contributed by atoms with Crippen LogP contribution in [-0.4, -0.2) is 32.8 Å². The van der Waals surface area contributed by atoms with Crippen LogP contribution in [0.4, 0.5) is 0 Å². The molecule has 0 saturated carbocycles. The van der Waals surface area contributed by atoms with Crippen LogP contribution >= 0.6 is 15.9 Å². The number of rotatable bonds is 5. The molecule has 1 aromatic carbocycles. The minimum Gasteiger partial charge on any atom is -0.454 e. The second kappa shape index (κ2) is 6.06. The number of hydrogen-bond acceptors (Lipinski definition) is 4. The zero-order chi connectivity index (χ0) is 13.0. The van der Waals surface area contributed by atoms with Crippen LogP contribution < -0.4 is 20.1 Å². The lowest BCUT2D eigenvalue weighted by atomic mass is 10.2. The fourth-order valence-corrected chi connectivity index (χ4v) is 2.22. The fourth-order valence-electron chi connectivity index (χ4n) is 1.67. The highest BCUT2D eigenvalue weighted by atomic mass is 79.9. The number of carbonyl (C=O) groups is 1. The standard InChI is InChI=1S/C12H15BrN2O3/c1-14-3-2-4-15-12(16)8-5-9(13)11-10(6-8)17-7-18-11/h5-6,14H,2-4,7H2,1H3,(H,15,16). The van der Waals surface area contributed by atoms with Crippen molar-refractivity contribution in [1.29, 1.82) is 0 Å². The molecule has 6 heteroatoms. The van der Waals surface area contributed by atoms with Gasteiger partial charge in [-0.2, -0.15) is 0 Å². The third-order valence-corrected chi connectivity index (χ3v) is 3.17. The number of benzene rings is 1. The summed E-state index contributed by atoms with van der Waals surface area (Å²) in [5.41, 5.74) is 0.565. The van der Waals surface area contributed by atoms with E-state index in [1.165, 1.54) is 0 Å². The van der Waals surface area contributed by atoms with E-state index >= 15 is 0 Å². The Morgan fingerprint density at radius 2 is 2.22 bits per heavy atom. The molecule has 0 fully saturated rings. The first-order valence-corrected chi connectivity index (χ1v) is 6.53. The van der Waals surface area contributed by atoms with Gasteiger partial charge >= 0.3 is 0 Å². The van der Waals surface area contributed by atoms with Gasteiger partial charge in [0, 0.05) is 12.1 Å². The summed E-state index contributed by atoms with van der Waals surface area (Å²) in [6.07, 6.45) is 0.897. The topological polar surface area (TPSA) is 59.6 Å². The summed E-state index contributed by atoms with van der Waals surface area (Å²) < 4.78 is 11.3. The molecule has 0 unspecified atom stereocenters. The van der Waals surface area contributed by atoms with E-state index in [9.17, 15) is 4.79 Å². The van der Waals surface area contributed by atoms with Crippen LogP contribution in [0.3, 0.4) is 0 Å². The lowest BCUT2D eigenvalue weighted by Gasteiger charge is -2.07. The van der Waals surface area contributed by atoms with E-state index < -0.39 is 0 Å². The van der Waals surface area contributed by atoms with Crippen molar-refractivity contribution in [2.24, 2.45) is 0 Å². The molecule has 98 valence electrons. The van der Waals surface area contributed by atoms with Gasteiger partial charge in [-0.25, -0.2) is 0 Å². The molecule has 18 heavy (non-hydrogen) atoms. The molecule has 0 atom stereocenters. The molecule has 1 amide bonds. The third kappa shape index (κ3) is 2.94. The monoisotopic (exact) mass is 314 g/mol. The van der Waals surface area contributed by atoms with E-state index in [2.05, 4.69) is 26.6 Å². The van der Waals surface area contributed by atoms with Gasteiger partial charge in [0.05, 0.1) is 4.47 Å². The predicted octanol–water partition coefficient (Wildman–Crippen LogP) is 1.52. The summed E-state index contributed by atoms with van der Waals surface area (Å²) in [6.45, 7) is 1.72. The first kappa shape index (κ1) is 13.2. The molecule has 0 spiro atoms. The second-order valence-electron chi connectivity index (χ2n) is 3.90. The molecule has 1 aliphatic heterocycles. The van der Waals surface area contributed by atoms with Crippen LogP contribution in [-0.2, 0) is 0 Å². The number of halogens is 1. The van der Waals surface area contributed by atoms with Crippen molar-refractivity contribution in [3.63, 3.8) is 0 Å². The molecular weight excluding hydrogens is 300 g/mol. The molecule has 1 heterocycles. The van der Waals surface area contributed by atoms with Gasteiger partial charge in [-0.05, 0) is 48.1 Å². The average Bonchev–Trinajstić information content (AvgIpc) is 2.83. The molecule has 0 bridgehead atoms. The molecule has 5 nitrogen and oxygen atoms in total. The maximum absolute atomic E-state index is 11.9. The molecule has 1 aliphatic rings. The van der Waals surface area contributed by atoms with Crippen LogP contribution in [0.5, 0.6) is 11.5 Å². The molecular formula is C12H15BrN2O3. The van der Waals surface area contributed by atoms with Crippen molar-refractivity contribution in [2.75, 3.05) is 26.9 Å². The van der Waals surface area contributed by atoms with E-state index in [0.717, 1.165) is 17.4 Å². The van der Waals surface area contributed by atoms with E-state index in [1.54, 1.807) is 12.1 Å². The molecule has 2 rings (SSSR count). The predicted molar refractivity (Wildman–Crippen MR) is 71.1 cm³/mol. The third-order valence-electron chi connectivity index (χ3n) is 2.58. The maximum atomic E-state index is 11.9. The lowest BCUT2D eigenvalue weighted by molar-refractivity contribution is 0.0953. The van der Waals surface area contributed by atoms with Crippen LogP contribution in [0.1, 0.15) is 16.8 Å². The zero-order valence-corrected chi connectivity index (χ0v) is 11.7. The maximum Gasteiger partial charge on any atom is 0.251 e. The smallest absolute Gasteiger partial charge is 0.251 e. The summed E-state index contributed by atoms with van der Waals surface area (Å²) in [6, 6.07) is 3.43. The Bertz CT molecular complexity index is 451. The van der Waals surface area contributed by atoms with Gasteiger partial charge in [-0.3, -0.25) is 4.79 Å². The van der Waals surface area contributed by atoms with Crippen molar-refractivity contribution in [3.8, 4) is 11.5 Å². The Labute approximate surface area is 114 Å². The van der Waals surface area contributed by atoms with Gasteiger partial charge < -0.3 is 20.1 Å². The summed E-state index contributed by atoms with van der Waals surface area (Å²) in [5, 5.41) is 5.88. The summed E-state index contributed by atoms with van der Waals surface area (Å²) in [7, 11) is 1.89. The summed E-state index contributed by atoms with van der Waals surface area (Å²) in [5.74, 6) is 1.15. The van der Waals surface area contributed by atoms with Crippen LogP contribution in [0.25, 0.3) is 0 Å². The Hall–Kier alpha value is -1.27. The Balaban J connectivity index is 2.00. The van der Waals surface area contributed by atoms with E-state index in [4.69, 9.17) is 9.47 Å². The van der Waals surface area contributed by atoms with E-state index in [-0.39, 0.29) is 12.7 Å². The van der Waals surface area contributed by atoms with Crippen molar-refractivity contribution in [1.82, 2.24) is 10.6 Å². The van der Waals surface area contributed by atoms with Crippen LogP contribution in [0, 0.1) is 0 Å². The summed E-state index contributed by atoms with van der Waals surface area (Å²) in [4.78, 5) is 11.9. The zero-order valence-electron chi connectivity index (χ0n) is 10.1. The Morgan fingerprint density at radius 3 is 3.00 bits per heavy atom. The quantitative estimate of drug-likeness (QED) is 0.809. The van der Waals surface area contributed by atoms with Gasteiger partial charge in [-0.15, -0.1) is 0 Å². The Kier molecular flexibility index (Phi) is 4.43. The molecule has 1 aromatic rings. The lowest BCUT2D eigenvalue weighted by Crippen LogP contribution is -2.26. The molecule has 0 aliphatic carbocycles. The average molecular weight is 315 g/mol. The highest BCUT2D eigenvalue weighted by Gasteiger charge is 2.20. The minimum absolute atomic E-state index is 0.106. The van der Waals surface area contributed by atoms with Crippen molar-refractivity contribution >= 4 is 21.8 Å². The molecule has 0 aromatic heterocycles. The highest BCUT2D eigenvalue weighted by molar-refractivity contribution is 9.10. The van der Waals surface area contributed by atoms with Gasteiger partial charge in [0.15, 0.2) is 11.5 Å². The number of ether oxygens (including phenoxy) is 2. The fraction of sp³-hybridized carbons (Fsp3) is 0.417. The van der Waals surface area contributed by atoms with Gasteiger partial charge in [-0.1, -0.05) is 0 Å². The van der Waals surface area contributed by atoms with E-state index in [0.29, 0.717) is 23.6 Å². The minimum atomic E-state index is -0.106. The first-order valence-electron chi connectivity index (χ1n) is 5.74.